The molecule has 0 aliphatic carbocycles. The van der Waals surface area contributed by atoms with Gasteiger partial charge in [-0.25, -0.2) is 0 Å². The fraction of sp³-hybridized carbons (Fsp3) is 0.320. The third-order valence-corrected chi connectivity index (χ3v) is 5.51. The number of rotatable bonds is 6. The molecule has 0 radical (unpaired) electrons. The molecule has 0 saturated carbocycles. The molecule has 2 aromatic carbocycles. The van der Waals surface area contributed by atoms with Crippen molar-refractivity contribution >= 4 is 5.78 Å². The number of hydrogen-bond donors (Lipinski definition) is 0. The zero-order chi connectivity index (χ0) is 19.3. The van der Waals surface area contributed by atoms with Gasteiger partial charge in [-0.05, 0) is 56.0 Å². The lowest BCUT2D eigenvalue weighted by Gasteiger charge is -2.32. The van der Waals surface area contributed by atoms with Gasteiger partial charge in [0.2, 0.25) is 0 Å². The van der Waals surface area contributed by atoms with Crippen LogP contribution >= 0.6 is 0 Å². The number of Topliss-reactive ketones (excluding diaryl/α,β-unsaturated/α-hetero) is 1. The van der Waals surface area contributed by atoms with Crippen LogP contribution in [0.15, 0.2) is 71.1 Å². The SMILES string of the molecule is Cc1cccc(-c2ccc(C(=O)CC3CCCN(Cc4ccccc4)C3)o2)c1. The Morgan fingerprint density at radius 3 is 2.75 bits per heavy atom. The summed E-state index contributed by atoms with van der Waals surface area (Å²) < 4.78 is 5.89. The second-order valence-electron chi connectivity index (χ2n) is 7.89. The molecule has 3 aromatic rings. The first-order chi connectivity index (χ1) is 13.7. The van der Waals surface area contributed by atoms with E-state index < -0.39 is 0 Å². The molecule has 1 fully saturated rings. The lowest BCUT2D eigenvalue weighted by atomic mass is 9.92. The van der Waals surface area contributed by atoms with Crippen LogP contribution in [0.25, 0.3) is 11.3 Å². The number of nitrogens with zero attached hydrogens (tertiary/aromatic N) is 1. The van der Waals surface area contributed by atoms with Crippen molar-refractivity contribution in [3.05, 3.63) is 83.6 Å². The Morgan fingerprint density at radius 1 is 1.07 bits per heavy atom. The van der Waals surface area contributed by atoms with Crippen molar-refractivity contribution in [3.8, 4) is 11.3 Å². The summed E-state index contributed by atoms with van der Waals surface area (Å²) in [6.45, 7) is 5.11. The molecular weight excluding hydrogens is 346 g/mol. The molecule has 3 nitrogen and oxygen atoms in total. The van der Waals surface area contributed by atoms with Crippen molar-refractivity contribution in [2.75, 3.05) is 13.1 Å². The van der Waals surface area contributed by atoms with E-state index in [1.807, 2.05) is 24.3 Å². The molecule has 144 valence electrons. The van der Waals surface area contributed by atoms with E-state index in [9.17, 15) is 4.79 Å². The van der Waals surface area contributed by atoms with Crippen LogP contribution in [-0.4, -0.2) is 23.8 Å². The van der Waals surface area contributed by atoms with Crippen molar-refractivity contribution in [2.24, 2.45) is 5.92 Å². The van der Waals surface area contributed by atoms with Gasteiger partial charge < -0.3 is 4.42 Å². The average molecular weight is 373 g/mol. The fourth-order valence-electron chi connectivity index (χ4n) is 4.11. The summed E-state index contributed by atoms with van der Waals surface area (Å²) in [4.78, 5) is 15.2. The highest BCUT2D eigenvalue weighted by Gasteiger charge is 2.24. The van der Waals surface area contributed by atoms with E-state index in [1.54, 1.807) is 0 Å². The van der Waals surface area contributed by atoms with E-state index in [-0.39, 0.29) is 5.78 Å². The highest BCUT2D eigenvalue weighted by atomic mass is 16.3. The van der Waals surface area contributed by atoms with Gasteiger partial charge in [0.05, 0.1) is 0 Å². The van der Waals surface area contributed by atoms with E-state index in [2.05, 4.69) is 54.3 Å². The maximum Gasteiger partial charge on any atom is 0.198 e. The van der Waals surface area contributed by atoms with Crippen LogP contribution in [0.4, 0.5) is 0 Å². The minimum Gasteiger partial charge on any atom is -0.453 e. The summed E-state index contributed by atoms with van der Waals surface area (Å²) in [6, 6.07) is 22.5. The Hall–Kier alpha value is -2.65. The first kappa shape index (κ1) is 18.7. The first-order valence-electron chi connectivity index (χ1n) is 10.1. The van der Waals surface area contributed by atoms with Gasteiger partial charge in [-0.15, -0.1) is 0 Å². The van der Waals surface area contributed by atoms with Crippen LogP contribution in [0.1, 0.15) is 40.9 Å². The Labute approximate surface area is 167 Å². The fourth-order valence-corrected chi connectivity index (χ4v) is 4.11. The number of aryl methyl sites for hydroxylation is 1. The summed E-state index contributed by atoms with van der Waals surface area (Å²) in [5.74, 6) is 1.76. The van der Waals surface area contributed by atoms with E-state index in [0.717, 1.165) is 43.8 Å². The van der Waals surface area contributed by atoms with Crippen LogP contribution in [0.2, 0.25) is 0 Å². The summed E-state index contributed by atoms with van der Waals surface area (Å²) in [5.41, 5.74) is 3.54. The average Bonchev–Trinajstić information content (AvgIpc) is 3.20. The van der Waals surface area contributed by atoms with Crippen molar-refractivity contribution in [1.82, 2.24) is 4.90 Å². The van der Waals surface area contributed by atoms with Gasteiger partial charge in [-0.3, -0.25) is 9.69 Å². The number of benzene rings is 2. The number of furan rings is 1. The smallest absolute Gasteiger partial charge is 0.198 e. The number of carbonyl (C=O) groups is 1. The van der Waals surface area contributed by atoms with Crippen LogP contribution in [0.3, 0.4) is 0 Å². The zero-order valence-electron chi connectivity index (χ0n) is 16.4. The summed E-state index contributed by atoms with van der Waals surface area (Å²) in [6.07, 6.45) is 2.83. The number of hydrogen-bond acceptors (Lipinski definition) is 3. The molecule has 0 bridgehead atoms. The maximum atomic E-state index is 12.8. The molecule has 4 rings (SSSR count). The van der Waals surface area contributed by atoms with Crippen LogP contribution in [-0.2, 0) is 6.54 Å². The molecule has 0 N–H and O–H groups in total. The van der Waals surface area contributed by atoms with Crippen LogP contribution in [0.5, 0.6) is 0 Å². The molecule has 1 aliphatic rings. The molecular formula is C25H27NO2. The van der Waals surface area contributed by atoms with Gasteiger partial charge in [0.15, 0.2) is 11.5 Å². The Balaban J connectivity index is 1.37. The van der Waals surface area contributed by atoms with E-state index in [4.69, 9.17) is 4.42 Å². The van der Waals surface area contributed by atoms with Gasteiger partial charge in [-0.1, -0.05) is 54.1 Å². The Bertz CT molecular complexity index is 928. The maximum absolute atomic E-state index is 12.8. The molecule has 1 saturated heterocycles. The van der Waals surface area contributed by atoms with E-state index >= 15 is 0 Å². The number of likely N-dealkylation sites (tertiary alicyclic amines) is 1. The quantitative estimate of drug-likeness (QED) is 0.517. The van der Waals surface area contributed by atoms with Crippen molar-refractivity contribution in [1.29, 1.82) is 0 Å². The standard InChI is InChI=1S/C25H27NO2/c1-19-7-5-11-22(15-19)24-12-13-25(28-24)23(27)16-21-10-6-14-26(18-21)17-20-8-3-2-4-9-20/h2-5,7-9,11-13,15,21H,6,10,14,16-18H2,1H3. The Morgan fingerprint density at radius 2 is 1.93 bits per heavy atom. The minimum atomic E-state index is 0.116. The van der Waals surface area contributed by atoms with Gasteiger partial charge in [0.1, 0.15) is 5.76 Å². The monoisotopic (exact) mass is 373 g/mol. The van der Waals surface area contributed by atoms with Crippen LogP contribution < -0.4 is 0 Å². The second-order valence-corrected chi connectivity index (χ2v) is 7.89. The highest BCUT2D eigenvalue weighted by molar-refractivity contribution is 5.94. The molecule has 28 heavy (non-hydrogen) atoms. The molecule has 1 aliphatic heterocycles. The van der Waals surface area contributed by atoms with Gasteiger partial charge in [-0.2, -0.15) is 0 Å². The van der Waals surface area contributed by atoms with Gasteiger partial charge >= 0.3 is 0 Å². The summed E-state index contributed by atoms with van der Waals surface area (Å²) in [5, 5.41) is 0. The topological polar surface area (TPSA) is 33.5 Å². The second kappa shape index (κ2) is 8.57. The van der Waals surface area contributed by atoms with E-state index in [1.165, 1.54) is 11.1 Å². The van der Waals surface area contributed by atoms with Crippen LogP contribution in [0, 0.1) is 12.8 Å². The van der Waals surface area contributed by atoms with Gasteiger partial charge in [0.25, 0.3) is 0 Å². The van der Waals surface area contributed by atoms with E-state index in [0.29, 0.717) is 18.1 Å². The number of ketones is 1. The lowest BCUT2D eigenvalue weighted by Crippen LogP contribution is -2.35. The third-order valence-electron chi connectivity index (χ3n) is 5.51. The molecule has 3 heteroatoms. The highest BCUT2D eigenvalue weighted by Crippen LogP contribution is 2.26. The largest absolute Gasteiger partial charge is 0.453 e. The third kappa shape index (κ3) is 4.60. The van der Waals surface area contributed by atoms with Gasteiger partial charge in [0, 0.05) is 25.1 Å². The Kier molecular flexibility index (Phi) is 5.73. The molecule has 1 atom stereocenters. The van der Waals surface area contributed by atoms with Crippen molar-refractivity contribution in [3.63, 3.8) is 0 Å². The molecule has 0 spiro atoms. The predicted molar refractivity (Wildman–Crippen MR) is 112 cm³/mol. The minimum absolute atomic E-state index is 0.116. The number of piperidine rings is 1. The predicted octanol–water partition coefficient (Wildman–Crippen LogP) is 5.74. The summed E-state index contributed by atoms with van der Waals surface area (Å²) >= 11 is 0. The molecule has 1 aromatic heterocycles. The first-order valence-corrected chi connectivity index (χ1v) is 10.1. The zero-order valence-corrected chi connectivity index (χ0v) is 16.4. The molecule has 1 unspecified atom stereocenters. The van der Waals surface area contributed by atoms with Crippen molar-refractivity contribution in [2.45, 2.75) is 32.7 Å². The number of carbonyl (C=O) groups excluding carboxylic acids is 1. The lowest BCUT2D eigenvalue weighted by molar-refractivity contribution is 0.0887. The normalized spacial score (nSPS) is 17.5. The molecule has 0 amide bonds. The van der Waals surface area contributed by atoms with Crippen molar-refractivity contribution < 1.29 is 9.21 Å². The molecule has 2 heterocycles. The summed E-state index contributed by atoms with van der Waals surface area (Å²) in [7, 11) is 0.